The highest BCUT2D eigenvalue weighted by Gasteiger charge is 2.11. The van der Waals surface area contributed by atoms with Gasteiger partial charge in [-0.15, -0.1) is 0 Å². The van der Waals surface area contributed by atoms with Crippen molar-refractivity contribution in [3.63, 3.8) is 0 Å². The van der Waals surface area contributed by atoms with Gasteiger partial charge in [-0.3, -0.25) is 0 Å². The Bertz CT molecular complexity index is 372. The third-order valence-corrected chi connectivity index (χ3v) is 2.56. The molecule has 1 rings (SSSR count). The molecule has 76 valence electrons. The molecule has 1 aromatic rings. The molecule has 0 saturated heterocycles. The lowest BCUT2D eigenvalue weighted by molar-refractivity contribution is 0.446. The lowest BCUT2D eigenvalue weighted by Gasteiger charge is -2.00. The van der Waals surface area contributed by atoms with Gasteiger partial charge in [0, 0.05) is 10.9 Å². The van der Waals surface area contributed by atoms with Gasteiger partial charge in [-0.05, 0) is 19.1 Å². The van der Waals surface area contributed by atoms with E-state index >= 15 is 0 Å². The van der Waals surface area contributed by atoms with Crippen molar-refractivity contribution in [1.29, 1.82) is 0 Å². The SMILES string of the molecule is C/C(=C/c1ccc(F)c(F)c1F)CBr. The van der Waals surface area contributed by atoms with E-state index in [1.165, 1.54) is 12.1 Å². The van der Waals surface area contributed by atoms with Crippen LogP contribution in [0.25, 0.3) is 6.08 Å². The highest BCUT2D eigenvalue weighted by Crippen LogP contribution is 2.18. The number of allylic oxidation sites excluding steroid dienone is 1. The van der Waals surface area contributed by atoms with Crippen molar-refractivity contribution >= 4 is 22.0 Å². The predicted octanol–water partition coefficient (Wildman–Crippen LogP) is 3.90. The van der Waals surface area contributed by atoms with Crippen molar-refractivity contribution in [2.24, 2.45) is 0 Å². The first kappa shape index (κ1) is 11.3. The Hall–Kier alpha value is -0.770. The normalized spacial score (nSPS) is 11.9. The predicted molar refractivity (Wildman–Crippen MR) is 53.8 cm³/mol. The molecule has 0 atom stereocenters. The Kier molecular flexibility index (Phi) is 3.75. The highest BCUT2D eigenvalue weighted by molar-refractivity contribution is 9.09. The summed E-state index contributed by atoms with van der Waals surface area (Å²) in [5.74, 6) is -3.75. The van der Waals surface area contributed by atoms with Crippen molar-refractivity contribution in [2.45, 2.75) is 6.92 Å². The third-order valence-electron chi connectivity index (χ3n) is 1.68. The molecule has 14 heavy (non-hydrogen) atoms. The van der Waals surface area contributed by atoms with Crippen LogP contribution in [-0.4, -0.2) is 5.33 Å². The summed E-state index contributed by atoms with van der Waals surface area (Å²) in [7, 11) is 0. The fraction of sp³-hybridized carbons (Fsp3) is 0.200. The molecule has 0 aromatic heterocycles. The molecule has 0 aliphatic heterocycles. The maximum Gasteiger partial charge on any atom is 0.195 e. The van der Waals surface area contributed by atoms with Crippen LogP contribution in [0.3, 0.4) is 0 Å². The van der Waals surface area contributed by atoms with Crippen LogP contribution in [0.15, 0.2) is 17.7 Å². The molecule has 0 saturated carbocycles. The summed E-state index contributed by atoms with van der Waals surface area (Å²) in [6, 6.07) is 2.12. The Morgan fingerprint density at radius 1 is 1.29 bits per heavy atom. The van der Waals surface area contributed by atoms with Crippen molar-refractivity contribution < 1.29 is 13.2 Å². The zero-order valence-corrected chi connectivity index (χ0v) is 9.04. The monoisotopic (exact) mass is 264 g/mol. The van der Waals surface area contributed by atoms with Gasteiger partial charge in [0.2, 0.25) is 0 Å². The minimum absolute atomic E-state index is 0.0563. The van der Waals surface area contributed by atoms with Gasteiger partial charge >= 0.3 is 0 Å². The lowest BCUT2D eigenvalue weighted by Crippen LogP contribution is -1.93. The largest absolute Gasteiger partial charge is 0.204 e. The van der Waals surface area contributed by atoms with Gasteiger partial charge < -0.3 is 0 Å². The standard InChI is InChI=1S/C10H8BrF3/c1-6(5-11)4-7-2-3-8(12)10(14)9(7)13/h2-4H,5H2,1H3/b6-4-. The third kappa shape index (κ3) is 2.38. The van der Waals surface area contributed by atoms with Crippen molar-refractivity contribution in [2.75, 3.05) is 5.33 Å². The van der Waals surface area contributed by atoms with Gasteiger partial charge in [-0.2, -0.15) is 0 Å². The smallest absolute Gasteiger partial charge is 0.195 e. The molecule has 1 aromatic carbocycles. The zero-order chi connectivity index (χ0) is 10.7. The Morgan fingerprint density at radius 2 is 1.93 bits per heavy atom. The van der Waals surface area contributed by atoms with Crippen molar-refractivity contribution in [1.82, 2.24) is 0 Å². The fourth-order valence-corrected chi connectivity index (χ4v) is 1.12. The van der Waals surface area contributed by atoms with Crippen LogP contribution in [0.4, 0.5) is 13.2 Å². The molecule has 0 amide bonds. The molecule has 0 bridgehead atoms. The highest BCUT2D eigenvalue weighted by atomic mass is 79.9. The molecule has 0 aliphatic rings. The summed E-state index contributed by atoms with van der Waals surface area (Å²) in [5.41, 5.74) is 0.885. The Labute approximate surface area is 88.6 Å². The maximum absolute atomic E-state index is 13.1. The molecule has 0 radical (unpaired) electrons. The molecular formula is C10H8BrF3. The average molecular weight is 265 g/mol. The number of alkyl halides is 1. The quantitative estimate of drug-likeness (QED) is 0.562. The average Bonchev–Trinajstić information content (AvgIpc) is 2.19. The van der Waals surface area contributed by atoms with Crippen molar-refractivity contribution in [3.8, 4) is 0 Å². The fourth-order valence-electron chi connectivity index (χ4n) is 0.956. The summed E-state index contributed by atoms with van der Waals surface area (Å²) in [6.45, 7) is 1.76. The molecular weight excluding hydrogens is 257 g/mol. The second kappa shape index (κ2) is 4.64. The molecule has 0 nitrogen and oxygen atoms in total. The van der Waals surface area contributed by atoms with Gasteiger partial charge in [0.05, 0.1) is 0 Å². The number of benzene rings is 1. The van der Waals surface area contributed by atoms with Crippen LogP contribution in [0.5, 0.6) is 0 Å². The van der Waals surface area contributed by atoms with E-state index in [2.05, 4.69) is 15.9 Å². The number of hydrogen-bond donors (Lipinski definition) is 0. The summed E-state index contributed by atoms with van der Waals surface area (Å²) in [5, 5.41) is 0.561. The first-order valence-corrected chi connectivity index (χ1v) is 5.05. The van der Waals surface area contributed by atoms with E-state index in [0.29, 0.717) is 5.33 Å². The van der Waals surface area contributed by atoms with Crippen LogP contribution in [0.2, 0.25) is 0 Å². The van der Waals surface area contributed by atoms with Gasteiger partial charge in [0.25, 0.3) is 0 Å². The summed E-state index contributed by atoms with van der Waals surface area (Å²) < 4.78 is 38.4. The number of hydrogen-bond acceptors (Lipinski definition) is 0. The second-order valence-corrected chi connectivity index (χ2v) is 3.45. The molecule has 0 N–H and O–H groups in total. The summed E-state index contributed by atoms with van der Waals surface area (Å²) in [4.78, 5) is 0. The van der Waals surface area contributed by atoms with Gasteiger partial charge in [-0.25, -0.2) is 13.2 Å². The lowest BCUT2D eigenvalue weighted by atomic mass is 10.1. The number of halogens is 4. The zero-order valence-electron chi connectivity index (χ0n) is 7.45. The van der Waals surface area contributed by atoms with Crippen LogP contribution in [0.1, 0.15) is 12.5 Å². The first-order valence-electron chi connectivity index (χ1n) is 3.93. The van der Waals surface area contributed by atoms with Crippen LogP contribution < -0.4 is 0 Å². The van der Waals surface area contributed by atoms with E-state index in [-0.39, 0.29) is 5.56 Å². The first-order chi connectivity index (χ1) is 6.56. The maximum atomic E-state index is 13.1. The van der Waals surface area contributed by atoms with Crippen LogP contribution >= 0.6 is 15.9 Å². The summed E-state index contributed by atoms with van der Waals surface area (Å²) in [6.07, 6.45) is 1.46. The van der Waals surface area contributed by atoms with E-state index in [9.17, 15) is 13.2 Å². The van der Waals surface area contributed by atoms with Gasteiger partial charge in [-0.1, -0.05) is 27.6 Å². The Morgan fingerprint density at radius 3 is 2.50 bits per heavy atom. The van der Waals surface area contributed by atoms with E-state index in [1.54, 1.807) is 6.92 Å². The molecule has 4 heteroatoms. The molecule has 0 aliphatic carbocycles. The molecule has 0 spiro atoms. The second-order valence-electron chi connectivity index (χ2n) is 2.89. The van der Waals surface area contributed by atoms with Crippen molar-refractivity contribution in [3.05, 3.63) is 40.7 Å². The minimum Gasteiger partial charge on any atom is -0.204 e. The number of rotatable bonds is 2. The van der Waals surface area contributed by atoms with Crippen LogP contribution in [-0.2, 0) is 0 Å². The molecule has 0 heterocycles. The van der Waals surface area contributed by atoms with E-state index < -0.39 is 17.5 Å². The minimum atomic E-state index is -1.43. The van der Waals surface area contributed by atoms with E-state index in [0.717, 1.165) is 11.6 Å². The Balaban J connectivity index is 3.18. The summed E-state index contributed by atoms with van der Waals surface area (Å²) >= 11 is 3.17. The van der Waals surface area contributed by atoms with E-state index in [1.807, 2.05) is 0 Å². The molecule has 0 fully saturated rings. The van der Waals surface area contributed by atoms with Gasteiger partial charge in [0.15, 0.2) is 17.5 Å². The molecule has 0 unspecified atom stereocenters. The van der Waals surface area contributed by atoms with E-state index in [4.69, 9.17) is 0 Å². The topological polar surface area (TPSA) is 0 Å². The van der Waals surface area contributed by atoms with Crippen LogP contribution in [0, 0.1) is 17.5 Å². The van der Waals surface area contributed by atoms with Gasteiger partial charge in [0.1, 0.15) is 0 Å².